The van der Waals surface area contributed by atoms with Gasteiger partial charge in [-0.2, -0.15) is 0 Å². The van der Waals surface area contributed by atoms with Crippen molar-refractivity contribution in [2.45, 2.75) is 47.5 Å². The molecule has 2 aliphatic rings. The van der Waals surface area contributed by atoms with E-state index in [-0.39, 0.29) is 0 Å². The maximum Gasteiger partial charge on any atom is 0.0430 e. The molecule has 0 amide bonds. The van der Waals surface area contributed by atoms with Crippen LogP contribution in [0.2, 0.25) is 0 Å². The highest BCUT2D eigenvalue weighted by Gasteiger charge is 2.29. The van der Waals surface area contributed by atoms with E-state index in [9.17, 15) is 0 Å². The molecule has 0 unspecified atom stereocenters. The van der Waals surface area contributed by atoms with Crippen LogP contribution in [0, 0.1) is 12.8 Å². The molecule has 0 radical (unpaired) electrons. The Balaban J connectivity index is 1.90. The summed E-state index contributed by atoms with van der Waals surface area (Å²) in [5.74, 6) is 0.719. The van der Waals surface area contributed by atoms with Crippen LogP contribution in [0.4, 0.5) is 0 Å². The van der Waals surface area contributed by atoms with E-state index in [1.807, 2.05) is 6.08 Å². The number of benzene rings is 1. The van der Waals surface area contributed by atoms with E-state index in [0.717, 1.165) is 30.1 Å². The molecule has 0 aromatic heterocycles. The van der Waals surface area contributed by atoms with E-state index in [0.29, 0.717) is 0 Å². The summed E-state index contributed by atoms with van der Waals surface area (Å²) >= 11 is 0. The highest BCUT2D eigenvalue weighted by molar-refractivity contribution is 5.81. The van der Waals surface area contributed by atoms with Crippen molar-refractivity contribution in [3.05, 3.63) is 119 Å². The van der Waals surface area contributed by atoms with Gasteiger partial charge in [0.05, 0.1) is 0 Å². The zero-order chi connectivity index (χ0) is 24.1. The Bertz CT molecular complexity index is 1110. The molecule has 0 N–H and O–H groups in total. The normalized spacial score (nSPS) is 17.8. The standard InChI is InChI=1S/C32H39N/c1-9-22(4)31(18-25(7)30-16-17-33(21-30)26(8)28-14-15-28)19-27(11-3)29-13-12-24(6)32(20-29)23(5)10-2/h9-13,16,18-20,28H,2,5,8,14-15,17,21H2,1,3-4,6-7H3/b22-9+,25-18+,27-11+,31-19-. The second-order valence-corrected chi connectivity index (χ2v) is 9.28. The lowest BCUT2D eigenvalue weighted by molar-refractivity contribution is 0.416. The van der Waals surface area contributed by atoms with Crippen LogP contribution >= 0.6 is 0 Å². The quantitative estimate of drug-likeness (QED) is 0.350. The number of hydrogen-bond donors (Lipinski definition) is 0. The van der Waals surface area contributed by atoms with Gasteiger partial charge in [-0.15, -0.1) is 0 Å². The molecule has 1 saturated carbocycles. The molecule has 1 aromatic carbocycles. The molecule has 0 saturated heterocycles. The summed E-state index contributed by atoms with van der Waals surface area (Å²) in [5, 5.41) is 0. The highest BCUT2D eigenvalue weighted by Crippen LogP contribution is 2.38. The summed E-state index contributed by atoms with van der Waals surface area (Å²) in [5.41, 5.74) is 12.3. The number of hydrogen-bond acceptors (Lipinski definition) is 1. The fourth-order valence-electron chi connectivity index (χ4n) is 4.25. The van der Waals surface area contributed by atoms with Gasteiger partial charge in [0.2, 0.25) is 0 Å². The molecule has 33 heavy (non-hydrogen) atoms. The van der Waals surface area contributed by atoms with E-state index in [1.54, 1.807) is 0 Å². The molecular weight excluding hydrogens is 398 g/mol. The van der Waals surface area contributed by atoms with Gasteiger partial charge in [0.25, 0.3) is 0 Å². The first kappa shape index (κ1) is 24.6. The molecule has 1 heterocycles. The number of allylic oxidation sites excluding steroid dienone is 10. The minimum absolute atomic E-state index is 0.719. The fourth-order valence-corrected chi connectivity index (χ4v) is 4.25. The van der Waals surface area contributed by atoms with Gasteiger partial charge in [-0.05, 0) is 116 Å². The lowest BCUT2D eigenvalue weighted by atomic mass is 9.93. The van der Waals surface area contributed by atoms with E-state index < -0.39 is 0 Å². The van der Waals surface area contributed by atoms with Gasteiger partial charge in [0.15, 0.2) is 0 Å². The molecule has 1 aromatic rings. The lowest BCUT2D eigenvalue weighted by Gasteiger charge is -2.21. The average Bonchev–Trinajstić information content (AvgIpc) is 3.56. The van der Waals surface area contributed by atoms with Gasteiger partial charge in [0, 0.05) is 18.8 Å². The first-order chi connectivity index (χ1) is 15.8. The van der Waals surface area contributed by atoms with E-state index in [2.05, 4.69) is 108 Å². The zero-order valence-electron chi connectivity index (χ0n) is 21.2. The maximum absolute atomic E-state index is 4.34. The Morgan fingerprint density at radius 3 is 2.39 bits per heavy atom. The topological polar surface area (TPSA) is 3.24 Å². The monoisotopic (exact) mass is 437 g/mol. The molecule has 0 bridgehead atoms. The summed E-state index contributed by atoms with van der Waals surface area (Å²) in [4.78, 5) is 2.44. The first-order valence-corrected chi connectivity index (χ1v) is 12.0. The van der Waals surface area contributed by atoms with E-state index >= 15 is 0 Å². The maximum atomic E-state index is 4.34. The van der Waals surface area contributed by atoms with Crippen molar-refractivity contribution in [3.8, 4) is 0 Å². The second kappa shape index (κ2) is 10.7. The van der Waals surface area contributed by atoms with Crippen LogP contribution in [0.15, 0.2) is 102 Å². The predicted molar refractivity (Wildman–Crippen MR) is 147 cm³/mol. The number of nitrogens with zero attached hydrogens (tertiary/aromatic N) is 1. The molecule has 3 rings (SSSR count). The Kier molecular flexibility index (Phi) is 7.97. The van der Waals surface area contributed by atoms with Crippen LogP contribution in [0.5, 0.6) is 0 Å². The fraction of sp³-hybridized carbons (Fsp3) is 0.312. The Hall–Kier alpha value is -3.06. The van der Waals surface area contributed by atoms with Crippen LogP contribution in [0.1, 0.15) is 57.2 Å². The summed E-state index contributed by atoms with van der Waals surface area (Å²) in [6, 6.07) is 6.59. The average molecular weight is 438 g/mol. The van der Waals surface area contributed by atoms with Crippen LogP contribution in [0.25, 0.3) is 11.1 Å². The minimum atomic E-state index is 0.719. The SMILES string of the molecule is C=CC(=C)c1cc(C(/C=C(/C=C(\C)C2=CCN(C(=C)C3CC3)C2)C(\C)=C\C)=C/C)ccc1C. The van der Waals surface area contributed by atoms with Crippen molar-refractivity contribution < 1.29 is 0 Å². The third kappa shape index (κ3) is 5.85. The molecule has 0 spiro atoms. The van der Waals surface area contributed by atoms with Crippen molar-refractivity contribution in [2.24, 2.45) is 5.92 Å². The summed E-state index contributed by atoms with van der Waals surface area (Å²) in [7, 11) is 0. The van der Waals surface area contributed by atoms with Gasteiger partial charge in [-0.25, -0.2) is 0 Å². The molecule has 1 fully saturated rings. The minimum Gasteiger partial charge on any atom is -0.367 e. The summed E-state index contributed by atoms with van der Waals surface area (Å²) in [6.07, 6.45) is 15.8. The Labute approximate surface area is 201 Å². The van der Waals surface area contributed by atoms with Crippen molar-refractivity contribution in [1.29, 1.82) is 0 Å². The lowest BCUT2D eigenvalue weighted by Crippen LogP contribution is -2.20. The second-order valence-electron chi connectivity index (χ2n) is 9.28. The number of rotatable bonds is 9. The van der Waals surface area contributed by atoms with E-state index in [1.165, 1.54) is 57.5 Å². The molecule has 0 atom stereocenters. The highest BCUT2D eigenvalue weighted by atomic mass is 15.2. The first-order valence-electron chi connectivity index (χ1n) is 12.0. The van der Waals surface area contributed by atoms with Crippen molar-refractivity contribution in [3.63, 3.8) is 0 Å². The van der Waals surface area contributed by atoms with Crippen LogP contribution in [-0.4, -0.2) is 18.0 Å². The van der Waals surface area contributed by atoms with Crippen LogP contribution < -0.4 is 0 Å². The van der Waals surface area contributed by atoms with Crippen LogP contribution in [-0.2, 0) is 0 Å². The molecule has 1 aliphatic heterocycles. The largest absolute Gasteiger partial charge is 0.367 e. The molecule has 1 nitrogen and oxygen atoms in total. The van der Waals surface area contributed by atoms with E-state index in [4.69, 9.17) is 0 Å². The molecular formula is C32H39N. The van der Waals surface area contributed by atoms with Crippen molar-refractivity contribution in [1.82, 2.24) is 4.90 Å². The third-order valence-electron chi connectivity index (χ3n) is 6.93. The van der Waals surface area contributed by atoms with Gasteiger partial charge in [-0.3, -0.25) is 0 Å². The van der Waals surface area contributed by atoms with Gasteiger partial charge >= 0.3 is 0 Å². The zero-order valence-corrected chi connectivity index (χ0v) is 21.2. The van der Waals surface area contributed by atoms with Gasteiger partial charge in [0.1, 0.15) is 0 Å². The number of aryl methyl sites for hydroxylation is 1. The third-order valence-corrected chi connectivity index (χ3v) is 6.93. The van der Waals surface area contributed by atoms with Crippen LogP contribution in [0.3, 0.4) is 0 Å². The summed E-state index contributed by atoms with van der Waals surface area (Å²) < 4.78 is 0. The Morgan fingerprint density at radius 2 is 1.79 bits per heavy atom. The molecule has 1 heteroatoms. The molecule has 172 valence electrons. The Morgan fingerprint density at radius 1 is 1.06 bits per heavy atom. The summed E-state index contributed by atoms with van der Waals surface area (Å²) in [6.45, 7) is 25.1. The van der Waals surface area contributed by atoms with Gasteiger partial charge in [-0.1, -0.05) is 62.2 Å². The molecule has 1 aliphatic carbocycles. The predicted octanol–water partition coefficient (Wildman–Crippen LogP) is 8.60. The van der Waals surface area contributed by atoms with Gasteiger partial charge < -0.3 is 4.90 Å². The smallest absolute Gasteiger partial charge is 0.0430 e. The van der Waals surface area contributed by atoms with Crippen molar-refractivity contribution >= 4 is 11.1 Å². The van der Waals surface area contributed by atoms with Crippen molar-refractivity contribution in [2.75, 3.05) is 13.1 Å².